The summed E-state index contributed by atoms with van der Waals surface area (Å²) in [5.41, 5.74) is 2.54. The number of pyridine rings is 1. The lowest BCUT2D eigenvalue weighted by Gasteiger charge is -2.40. The normalized spacial score (nSPS) is 22.4. The Labute approximate surface area is 182 Å². The number of carbonyl (C=O) groups excluding carboxylic acids is 1. The average molecular weight is 415 g/mol. The highest BCUT2D eigenvalue weighted by molar-refractivity contribution is 6.01. The molecule has 3 atom stereocenters. The molecule has 2 aromatic heterocycles. The van der Waals surface area contributed by atoms with Crippen molar-refractivity contribution in [2.24, 2.45) is 5.92 Å². The van der Waals surface area contributed by atoms with Crippen LogP contribution in [0, 0.1) is 12.8 Å². The molecule has 0 spiro atoms. The maximum absolute atomic E-state index is 13.8. The first-order valence-corrected chi connectivity index (χ1v) is 11.0. The molecule has 0 aliphatic carbocycles. The van der Waals surface area contributed by atoms with E-state index in [0.717, 1.165) is 36.8 Å². The lowest BCUT2D eigenvalue weighted by atomic mass is 9.89. The van der Waals surface area contributed by atoms with Crippen molar-refractivity contribution in [3.8, 4) is 17.3 Å². The molecule has 1 aromatic carbocycles. The molecule has 2 saturated heterocycles. The van der Waals surface area contributed by atoms with E-state index in [1.54, 1.807) is 24.7 Å². The van der Waals surface area contributed by atoms with Gasteiger partial charge in [-0.2, -0.15) is 0 Å². The van der Waals surface area contributed by atoms with Gasteiger partial charge in [-0.25, -0.2) is 15.0 Å². The van der Waals surface area contributed by atoms with E-state index in [4.69, 9.17) is 4.74 Å². The molecular weight excluding hydrogens is 388 g/mol. The Balaban J connectivity index is 1.41. The fraction of sp³-hybridized carbons (Fsp3) is 0.360. The maximum Gasteiger partial charge on any atom is 0.255 e. The minimum Gasteiger partial charge on any atom is -0.477 e. The number of aromatic nitrogens is 3. The molecule has 2 aliphatic heterocycles. The molecule has 0 radical (unpaired) electrons. The quantitative estimate of drug-likeness (QED) is 0.622. The first-order valence-electron chi connectivity index (χ1n) is 11.0. The highest BCUT2D eigenvalue weighted by Gasteiger charge is 2.45. The van der Waals surface area contributed by atoms with E-state index in [-0.39, 0.29) is 11.9 Å². The molecule has 2 unspecified atom stereocenters. The Morgan fingerprint density at radius 3 is 2.61 bits per heavy atom. The van der Waals surface area contributed by atoms with Crippen LogP contribution < -0.4 is 4.74 Å². The van der Waals surface area contributed by atoms with Crippen LogP contribution in [-0.2, 0) is 0 Å². The van der Waals surface area contributed by atoms with Crippen molar-refractivity contribution >= 4 is 5.91 Å². The van der Waals surface area contributed by atoms with Crippen LogP contribution in [0.5, 0.6) is 5.88 Å². The van der Waals surface area contributed by atoms with Crippen molar-refractivity contribution in [1.82, 2.24) is 19.9 Å². The molecule has 6 heteroatoms. The van der Waals surface area contributed by atoms with E-state index in [2.05, 4.69) is 19.9 Å². The van der Waals surface area contributed by atoms with E-state index in [1.807, 2.05) is 43.3 Å². The first kappa shape index (κ1) is 19.7. The number of amides is 1. The number of hydrogen-bond acceptors (Lipinski definition) is 5. The third-order valence-electron chi connectivity index (χ3n) is 6.49. The zero-order chi connectivity index (χ0) is 21.2. The molecule has 2 fully saturated rings. The topological polar surface area (TPSA) is 68.2 Å². The van der Waals surface area contributed by atoms with Gasteiger partial charge in [0.1, 0.15) is 0 Å². The summed E-state index contributed by atoms with van der Waals surface area (Å²) >= 11 is 0. The molecule has 0 saturated carbocycles. The van der Waals surface area contributed by atoms with Crippen molar-refractivity contribution in [2.45, 2.75) is 44.7 Å². The fourth-order valence-corrected chi connectivity index (χ4v) is 5.00. The number of ether oxygens (including phenoxy) is 1. The van der Waals surface area contributed by atoms with Crippen LogP contribution >= 0.6 is 0 Å². The molecule has 5 rings (SSSR count). The van der Waals surface area contributed by atoms with Gasteiger partial charge in [-0.15, -0.1) is 0 Å². The predicted octanol–water partition coefficient (Wildman–Crippen LogP) is 4.31. The molecule has 4 heterocycles. The summed E-state index contributed by atoms with van der Waals surface area (Å²) in [5.74, 6) is 1.63. The zero-order valence-electron chi connectivity index (χ0n) is 17.6. The van der Waals surface area contributed by atoms with E-state index >= 15 is 0 Å². The van der Waals surface area contributed by atoms with E-state index in [0.29, 0.717) is 35.8 Å². The molecule has 31 heavy (non-hydrogen) atoms. The van der Waals surface area contributed by atoms with Crippen LogP contribution in [0.25, 0.3) is 11.4 Å². The van der Waals surface area contributed by atoms with Crippen LogP contribution in [-0.4, -0.2) is 44.4 Å². The van der Waals surface area contributed by atoms with Crippen LogP contribution in [0.4, 0.5) is 0 Å². The van der Waals surface area contributed by atoms with Crippen LogP contribution in [0.3, 0.4) is 0 Å². The largest absolute Gasteiger partial charge is 0.477 e. The molecule has 2 aliphatic rings. The minimum atomic E-state index is 0.0844. The number of fused-ring (bicyclic) bond motifs is 2. The first-order chi connectivity index (χ1) is 15.2. The van der Waals surface area contributed by atoms with Crippen molar-refractivity contribution < 1.29 is 9.53 Å². The lowest BCUT2D eigenvalue weighted by Crippen LogP contribution is -2.49. The summed E-state index contributed by atoms with van der Waals surface area (Å²) < 4.78 is 5.97. The minimum absolute atomic E-state index is 0.0844. The molecule has 1 amide bonds. The van der Waals surface area contributed by atoms with Gasteiger partial charge in [-0.05, 0) is 50.8 Å². The monoisotopic (exact) mass is 414 g/mol. The molecule has 3 aromatic rings. The Morgan fingerprint density at radius 1 is 1.00 bits per heavy atom. The number of carbonyl (C=O) groups is 1. The molecule has 6 nitrogen and oxygen atoms in total. The Bertz CT molecular complexity index is 1060. The SMILES string of the molecule is Cc1ccc(-c2ncccn2)c(C(=O)N2C3CCC2[C@H](COc2ccccn2)CC3)c1. The van der Waals surface area contributed by atoms with Crippen LogP contribution in [0.15, 0.2) is 61.1 Å². The van der Waals surface area contributed by atoms with Crippen LogP contribution in [0.1, 0.15) is 41.6 Å². The third-order valence-corrected chi connectivity index (χ3v) is 6.49. The number of aryl methyl sites for hydroxylation is 1. The van der Waals surface area contributed by atoms with Gasteiger partial charge in [0.15, 0.2) is 5.82 Å². The molecule has 2 bridgehead atoms. The second kappa shape index (κ2) is 8.46. The maximum atomic E-state index is 13.8. The smallest absolute Gasteiger partial charge is 0.255 e. The summed E-state index contributed by atoms with van der Waals surface area (Å²) in [5, 5.41) is 0. The third kappa shape index (κ3) is 3.90. The Morgan fingerprint density at radius 2 is 1.81 bits per heavy atom. The van der Waals surface area contributed by atoms with Crippen molar-refractivity contribution in [1.29, 1.82) is 0 Å². The highest BCUT2D eigenvalue weighted by atomic mass is 16.5. The predicted molar refractivity (Wildman–Crippen MR) is 118 cm³/mol. The van der Waals surface area contributed by atoms with Gasteiger partial charge in [0.25, 0.3) is 5.91 Å². The van der Waals surface area contributed by atoms with Gasteiger partial charge in [0.2, 0.25) is 5.88 Å². The van der Waals surface area contributed by atoms with Crippen molar-refractivity contribution in [3.05, 3.63) is 72.2 Å². The number of rotatable bonds is 5. The summed E-state index contributed by atoms with van der Waals surface area (Å²) in [6.07, 6.45) is 9.34. The Kier molecular flexibility index (Phi) is 5.37. The average Bonchev–Trinajstić information content (AvgIpc) is 3.13. The molecule has 0 N–H and O–H groups in total. The summed E-state index contributed by atoms with van der Waals surface area (Å²) in [7, 11) is 0. The highest BCUT2D eigenvalue weighted by Crippen LogP contribution is 2.41. The molecular formula is C25H26N4O2. The number of benzene rings is 1. The van der Waals surface area contributed by atoms with Crippen molar-refractivity contribution in [2.75, 3.05) is 6.61 Å². The summed E-state index contributed by atoms with van der Waals surface area (Å²) in [6.45, 7) is 2.60. The standard InChI is InChI=1S/C25H26N4O2/c1-17-6-10-20(24-27-13-4-14-28-24)21(15-17)25(30)29-19-8-7-18(22(29)11-9-19)16-31-23-5-2-3-12-26-23/h2-6,10,12-15,18-19,22H,7-9,11,16H2,1H3/t18-,19?,22?/m0/s1. The van der Waals surface area contributed by atoms with Gasteiger partial charge >= 0.3 is 0 Å². The zero-order valence-corrected chi connectivity index (χ0v) is 17.6. The van der Waals surface area contributed by atoms with Gasteiger partial charge in [0.05, 0.1) is 12.2 Å². The number of nitrogens with zero attached hydrogens (tertiary/aromatic N) is 4. The van der Waals surface area contributed by atoms with E-state index in [1.165, 1.54) is 0 Å². The molecule has 158 valence electrons. The second-order valence-electron chi connectivity index (χ2n) is 8.45. The van der Waals surface area contributed by atoms with Crippen molar-refractivity contribution in [3.63, 3.8) is 0 Å². The lowest BCUT2D eigenvalue weighted by molar-refractivity contribution is 0.0404. The van der Waals surface area contributed by atoms with Crippen LogP contribution in [0.2, 0.25) is 0 Å². The summed E-state index contributed by atoms with van der Waals surface area (Å²) in [4.78, 5) is 29.0. The number of piperidine rings is 1. The van der Waals surface area contributed by atoms with Gasteiger partial charge < -0.3 is 9.64 Å². The number of hydrogen-bond donors (Lipinski definition) is 0. The Hall–Kier alpha value is -3.28. The van der Waals surface area contributed by atoms with E-state index < -0.39 is 0 Å². The fourth-order valence-electron chi connectivity index (χ4n) is 5.00. The van der Waals surface area contributed by atoms with Gasteiger partial charge in [-0.1, -0.05) is 23.8 Å². The van der Waals surface area contributed by atoms with Gasteiger partial charge in [0, 0.05) is 48.2 Å². The van der Waals surface area contributed by atoms with Gasteiger partial charge in [-0.3, -0.25) is 4.79 Å². The summed E-state index contributed by atoms with van der Waals surface area (Å²) in [6, 6.07) is 13.9. The second-order valence-corrected chi connectivity index (χ2v) is 8.45. The van der Waals surface area contributed by atoms with E-state index in [9.17, 15) is 4.79 Å².